The zero-order valence-electron chi connectivity index (χ0n) is 7.89. The number of nitrogens with zero attached hydrogens (tertiary/aromatic N) is 2. The summed E-state index contributed by atoms with van der Waals surface area (Å²) < 4.78 is 21.9. The topological polar surface area (TPSA) is 100 Å². The second kappa shape index (κ2) is 5.66. The van der Waals surface area contributed by atoms with Crippen molar-refractivity contribution in [2.45, 2.75) is 5.16 Å². The van der Waals surface area contributed by atoms with Crippen molar-refractivity contribution in [1.29, 1.82) is 0 Å². The molecule has 0 aliphatic rings. The minimum absolute atomic E-state index is 0. The average molecular weight is 275 g/mol. The van der Waals surface area contributed by atoms with Crippen LogP contribution in [0, 0.1) is 0 Å². The van der Waals surface area contributed by atoms with Gasteiger partial charge in [-0.05, 0) is 0 Å². The van der Waals surface area contributed by atoms with E-state index in [4.69, 9.17) is 11.6 Å². The second-order valence-electron chi connectivity index (χ2n) is 2.41. The van der Waals surface area contributed by atoms with Crippen LogP contribution in [0.25, 0.3) is 0 Å². The van der Waals surface area contributed by atoms with Gasteiger partial charge in [0.05, 0.1) is 17.2 Å². The molecule has 0 unspecified atom stereocenters. The fourth-order valence-electron chi connectivity index (χ4n) is 0.673. The molecule has 0 bridgehead atoms. The molecular formula is C6H4ClKN2O4S. The zero-order chi connectivity index (χ0) is 10.9. The number of carboxylic acid groups (broad SMARTS) is 1. The third-order valence-electron chi connectivity index (χ3n) is 1.25. The van der Waals surface area contributed by atoms with Gasteiger partial charge in [0.25, 0.3) is 0 Å². The van der Waals surface area contributed by atoms with Crippen LogP contribution in [-0.4, -0.2) is 30.6 Å². The fraction of sp³-hybridized carbons (Fsp3) is 0.167. The van der Waals surface area contributed by atoms with Gasteiger partial charge in [-0.15, -0.1) is 0 Å². The Kier molecular flexibility index (Phi) is 5.83. The SMILES string of the molecule is CS(=O)(=O)c1ncc(Cl)c(C(=O)[O-])n1.[K+]. The molecule has 0 atom stereocenters. The molecule has 0 radical (unpaired) electrons. The monoisotopic (exact) mass is 274 g/mol. The van der Waals surface area contributed by atoms with E-state index in [9.17, 15) is 18.3 Å². The zero-order valence-corrected chi connectivity index (χ0v) is 12.6. The summed E-state index contributed by atoms with van der Waals surface area (Å²) in [6, 6.07) is 0. The van der Waals surface area contributed by atoms with Crippen LogP contribution in [0.4, 0.5) is 0 Å². The van der Waals surface area contributed by atoms with Crippen molar-refractivity contribution in [2.75, 3.05) is 6.26 Å². The summed E-state index contributed by atoms with van der Waals surface area (Å²) in [6.45, 7) is 0. The Morgan fingerprint density at radius 3 is 2.47 bits per heavy atom. The van der Waals surface area contributed by atoms with Crippen LogP contribution in [0.3, 0.4) is 0 Å². The van der Waals surface area contributed by atoms with Crippen LogP contribution in [0.1, 0.15) is 10.5 Å². The first-order valence-corrected chi connectivity index (χ1v) is 5.53. The number of halogens is 1. The normalized spacial score (nSPS) is 10.5. The number of carbonyl (C=O) groups is 1. The van der Waals surface area contributed by atoms with Gasteiger partial charge in [-0.1, -0.05) is 11.6 Å². The predicted octanol–water partition coefficient (Wildman–Crippen LogP) is -4.10. The maximum atomic E-state index is 10.9. The van der Waals surface area contributed by atoms with Gasteiger partial charge in [-0.25, -0.2) is 18.4 Å². The molecule has 76 valence electrons. The van der Waals surface area contributed by atoms with Crippen molar-refractivity contribution in [3.63, 3.8) is 0 Å². The van der Waals surface area contributed by atoms with E-state index in [0.717, 1.165) is 12.5 Å². The van der Waals surface area contributed by atoms with Crippen LogP contribution in [0.15, 0.2) is 11.4 Å². The van der Waals surface area contributed by atoms with Gasteiger partial charge in [-0.2, -0.15) is 0 Å². The van der Waals surface area contributed by atoms with Crippen molar-refractivity contribution in [3.8, 4) is 0 Å². The van der Waals surface area contributed by atoms with Gasteiger partial charge in [0.1, 0.15) is 5.69 Å². The summed E-state index contributed by atoms with van der Waals surface area (Å²) in [5.74, 6) is -1.65. The number of sulfone groups is 1. The summed E-state index contributed by atoms with van der Waals surface area (Å²) in [7, 11) is -3.65. The first-order chi connectivity index (χ1) is 6.32. The Balaban J connectivity index is 0.00000196. The number of carboxylic acids is 1. The summed E-state index contributed by atoms with van der Waals surface area (Å²) in [5, 5.41) is 9.56. The molecule has 1 aromatic heterocycles. The van der Waals surface area contributed by atoms with Crippen molar-refractivity contribution in [2.24, 2.45) is 0 Å². The summed E-state index contributed by atoms with van der Waals surface area (Å²) >= 11 is 5.40. The van der Waals surface area contributed by atoms with E-state index in [1.54, 1.807) is 0 Å². The molecule has 1 heterocycles. The second-order valence-corrected chi connectivity index (χ2v) is 4.73. The number of carbonyl (C=O) groups excluding carboxylic acids is 1. The van der Waals surface area contributed by atoms with Crippen LogP contribution in [0.5, 0.6) is 0 Å². The van der Waals surface area contributed by atoms with Crippen molar-refractivity contribution in [3.05, 3.63) is 16.9 Å². The van der Waals surface area contributed by atoms with Crippen LogP contribution in [0.2, 0.25) is 5.02 Å². The van der Waals surface area contributed by atoms with Crippen LogP contribution in [-0.2, 0) is 9.84 Å². The van der Waals surface area contributed by atoms with E-state index in [0.29, 0.717) is 0 Å². The predicted molar refractivity (Wildman–Crippen MR) is 44.5 cm³/mol. The molecule has 15 heavy (non-hydrogen) atoms. The van der Waals surface area contributed by atoms with E-state index in [2.05, 4.69) is 9.97 Å². The molecule has 0 aliphatic heterocycles. The van der Waals surface area contributed by atoms with E-state index in [-0.39, 0.29) is 56.4 Å². The Bertz CT molecular complexity index is 490. The molecule has 1 rings (SSSR count). The molecule has 0 amide bonds. The molecule has 0 saturated carbocycles. The van der Waals surface area contributed by atoms with Crippen LogP contribution < -0.4 is 56.5 Å². The third-order valence-corrected chi connectivity index (χ3v) is 2.38. The van der Waals surface area contributed by atoms with Gasteiger partial charge < -0.3 is 9.90 Å². The van der Waals surface area contributed by atoms with Gasteiger partial charge >= 0.3 is 51.4 Å². The fourth-order valence-corrected chi connectivity index (χ4v) is 1.34. The minimum Gasteiger partial charge on any atom is -0.543 e. The van der Waals surface area contributed by atoms with Crippen molar-refractivity contribution in [1.82, 2.24) is 9.97 Å². The van der Waals surface area contributed by atoms with Crippen LogP contribution >= 0.6 is 11.6 Å². The van der Waals surface area contributed by atoms with Crippen molar-refractivity contribution < 1.29 is 69.7 Å². The van der Waals surface area contributed by atoms with E-state index in [1.807, 2.05) is 0 Å². The maximum Gasteiger partial charge on any atom is 1.00 e. The number of aromatic carboxylic acids is 1. The first kappa shape index (κ1) is 15.4. The molecular weight excluding hydrogens is 271 g/mol. The Morgan fingerprint density at radius 1 is 1.53 bits per heavy atom. The molecule has 1 aromatic rings. The van der Waals surface area contributed by atoms with E-state index >= 15 is 0 Å². The Labute approximate surface area is 133 Å². The van der Waals surface area contributed by atoms with Gasteiger partial charge in [-0.3, -0.25) is 0 Å². The smallest absolute Gasteiger partial charge is 0.543 e. The van der Waals surface area contributed by atoms with Gasteiger partial charge in [0.15, 0.2) is 0 Å². The quantitative estimate of drug-likeness (QED) is 0.401. The molecule has 0 aromatic carbocycles. The van der Waals surface area contributed by atoms with Crippen molar-refractivity contribution >= 4 is 27.4 Å². The first-order valence-electron chi connectivity index (χ1n) is 3.26. The number of rotatable bonds is 2. The largest absolute Gasteiger partial charge is 1.00 e. The molecule has 0 N–H and O–H groups in total. The summed E-state index contributed by atoms with van der Waals surface area (Å²) in [4.78, 5) is 17.0. The molecule has 6 nitrogen and oxygen atoms in total. The third kappa shape index (κ3) is 4.06. The number of hydrogen-bond acceptors (Lipinski definition) is 6. The standard InChI is InChI=1S/C6H5ClN2O4S.K/c1-14(12,13)6-8-2-3(7)4(9-6)5(10)11;/h2H,1H3,(H,10,11);/q;+1/p-1. The average Bonchev–Trinajstić information content (AvgIpc) is 2.02. The minimum atomic E-state index is -3.65. The Hall–Kier alpha value is 0.426. The molecule has 0 saturated heterocycles. The molecule has 9 heteroatoms. The number of hydrogen-bond donors (Lipinski definition) is 0. The van der Waals surface area contributed by atoms with Gasteiger partial charge in [0.2, 0.25) is 15.0 Å². The van der Waals surface area contributed by atoms with E-state index in [1.165, 1.54) is 0 Å². The number of aromatic nitrogens is 2. The summed E-state index contributed by atoms with van der Waals surface area (Å²) in [5.41, 5.74) is -0.637. The maximum absolute atomic E-state index is 10.9. The Morgan fingerprint density at radius 2 is 2.07 bits per heavy atom. The molecule has 0 aliphatic carbocycles. The van der Waals surface area contributed by atoms with Gasteiger partial charge in [0, 0.05) is 6.26 Å². The molecule has 0 fully saturated rings. The molecule has 0 spiro atoms. The van der Waals surface area contributed by atoms with E-state index < -0.39 is 26.7 Å². The summed E-state index contributed by atoms with van der Waals surface area (Å²) in [6.07, 6.45) is 1.76.